The number of amides is 2. The summed E-state index contributed by atoms with van der Waals surface area (Å²) >= 11 is 6.18. The van der Waals surface area contributed by atoms with E-state index >= 15 is 0 Å². The maximum absolute atomic E-state index is 13.1. The molecular formula is C20H20ClN3O5S. The fraction of sp³-hybridized carbons (Fsp3) is 0.300. The molecule has 4 rings (SSSR count). The largest absolute Gasteiger partial charge is 0.482 e. The summed E-state index contributed by atoms with van der Waals surface area (Å²) in [5.41, 5.74) is 2.16. The van der Waals surface area contributed by atoms with Crippen LogP contribution in [0.5, 0.6) is 5.75 Å². The SMILES string of the molecule is CC1Cc2ccccc2N1C(=O)CN(C)S(=O)(=O)c1cc2c(cc1Cl)NC(=O)CO2. The van der Waals surface area contributed by atoms with Crippen LogP contribution in [0, 0.1) is 0 Å². The van der Waals surface area contributed by atoms with Crippen molar-refractivity contribution in [2.24, 2.45) is 0 Å². The predicted octanol–water partition coefficient (Wildman–Crippen LogP) is 2.27. The molecule has 10 heteroatoms. The number of carbonyl (C=O) groups excluding carboxylic acids is 2. The molecule has 0 bridgehead atoms. The second-order valence-electron chi connectivity index (χ2n) is 7.32. The number of halogens is 1. The number of rotatable bonds is 4. The van der Waals surface area contributed by atoms with Crippen molar-refractivity contribution in [3.63, 3.8) is 0 Å². The summed E-state index contributed by atoms with van der Waals surface area (Å²) in [5, 5.41) is 2.50. The first kappa shape index (κ1) is 20.6. The molecular weight excluding hydrogens is 430 g/mol. The molecule has 2 aromatic rings. The Morgan fingerprint density at radius 1 is 1.33 bits per heavy atom. The van der Waals surface area contributed by atoms with Crippen molar-refractivity contribution in [1.82, 2.24) is 4.31 Å². The zero-order valence-electron chi connectivity index (χ0n) is 16.4. The highest BCUT2D eigenvalue weighted by molar-refractivity contribution is 7.89. The number of para-hydroxylation sites is 1. The molecule has 2 aromatic carbocycles. The monoisotopic (exact) mass is 449 g/mol. The number of hydrogen-bond donors (Lipinski definition) is 1. The minimum absolute atomic E-state index is 0.0599. The number of carbonyl (C=O) groups is 2. The third-order valence-corrected chi connectivity index (χ3v) is 7.46. The van der Waals surface area contributed by atoms with Crippen LogP contribution in [0.1, 0.15) is 12.5 Å². The fourth-order valence-electron chi connectivity index (χ4n) is 3.74. The summed E-state index contributed by atoms with van der Waals surface area (Å²) in [7, 11) is -2.74. The maximum atomic E-state index is 13.1. The van der Waals surface area contributed by atoms with Crippen LogP contribution < -0.4 is 15.0 Å². The lowest BCUT2D eigenvalue weighted by Crippen LogP contribution is -2.43. The van der Waals surface area contributed by atoms with Crippen molar-refractivity contribution in [3.8, 4) is 5.75 Å². The first-order chi connectivity index (χ1) is 14.2. The molecule has 2 aliphatic rings. The van der Waals surface area contributed by atoms with Crippen molar-refractivity contribution in [3.05, 3.63) is 47.0 Å². The fourth-order valence-corrected chi connectivity index (χ4v) is 5.38. The van der Waals surface area contributed by atoms with Gasteiger partial charge in [-0.05, 0) is 31.0 Å². The highest BCUT2D eigenvalue weighted by Crippen LogP contribution is 2.37. The molecule has 2 amide bonds. The molecule has 0 aliphatic carbocycles. The highest BCUT2D eigenvalue weighted by atomic mass is 35.5. The number of nitrogens with one attached hydrogen (secondary N) is 1. The average molecular weight is 450 g/mol. The zero-order chi connectivity index (χ0) is 21.6. The van der Waals surface area contributed by atoms with E-state index in [2.05, 4.69) is 5.32 Å². The Morgan fingerprint density at radius 3 is 2.83 bits per heavy atom. The second kappa shape index (κ2) is 7.57. The molecule has 0 aromatic heterocycles. The van der Waals surface area contributed by atoms with Gasteiger partial charge in [0, 0.05) is 24.8 Å². The second-order valence-corrected chi connectivity index (χ2v) is 9.74. The summed E-state index contributed by atoms with van der Waals surface area (Å²) in [6.45, 7) is 1.37. The average Bonchev–Trinajstić information content (AvgIpc) is 3.02. The highest BCUT2D eigenvalue weighted by Gasteiger charge is 2.34. The van der Waals surface area contributed by atoms with Crippen LogP contribution in [0.4, 0.5) is 11.4 Å². The number of anilines is 2. The van der Waals surface area contributed by atoms with Gasteiger partial charge in [-0.3, -0.25) is 9.59 Å². The summed E-state index contributed by atoms with van der Waals surface area (Å²) in [5.74, 6) is -0.465. The Kier molecular flexibility index (Phi) is 5.21. The van der Waals surface area contributed by atoms with E-state index in [1.54, 1.807) is 4.90 Å². The van der Waals surface area contributed by atoms with Gasteiger partial charge in [0.05, 0.1) is 17.3 Å². The number of hydrogen-bond acceptors (Lipinski definition) is 5. The molecule has 158 valence electrons. The Bertz CT molecular complexity index is 1150. The molecule has 2 aliphatic heterocycles. The molecule has 2 heterocycles. The molecule has 0 saturated carbocycles. The molecule has 1 unspecified atom stereocenters. The number of fused-ring (bicyclic) bond motifs is 2. The van der Waals surface area contributed by atoms with Gasteiger partial charge in [0.15, 0.2) is 6.61 Å². The molecule has 1 atom stereocenters. The van der Waals surface area contributed by atoms with Gasteiger partial charge in [0.2, 0.25) is 15.9 Å². The van der Waals surface area contributed by atoms with E-state index < -0.39 is 10.0 Å². The molecule has 1 N–H and O–H groups in total. The zero-order valence-corrected chi connectivity index (χ0v) is 18.0. The minimum atomic E-state index is -4.07. The number of ether oxygens (including phenoxy) is 1. The summed E-state index contributed by atoms with van der Waals surface area (Å²) < 4.78 is 32.5. The van der Waals surface area contributed by atoms with Gasteiger partial charge in [-0.15, -0.1) is 0 Å². The van der Waals surface area contributed by atoms with Crippen molar-refractivity contribution in [1.29, 1.82) is 0 Å². The first-order valence-electron chi connectivity index (χ1n) is 9.31. The summed E-state index contributed by atoms with van der Waals surface area (Å²) in [4.78, 5) is 25.9. The van der Waals surface area contributed by atoms with Crippen LogP contribution in [0.15, 0.2) is 41.3 Å². The van der Waals surface area contributed by atoms with Crippen LogP contribution in [0.2, 0.25) is 5.02 Å². The molecule has 0 saturated heterocycles. The van der Waals surface area contributed by atoms with E-state index in [0.717, 1.165) is 22.0 Å². The third kappa shape index (κ3) is 3.53. The minimum Gasteiger partial charge on any atom is -0.482 e. The predicted molar refractivity (Wildman–Crippen MR) is 112 cm³/mol. The van der Waals surface area contributed by atoms with E-state index in [9.17, 15) is 18.0 Å². The van der Waals surface area contributed by atoms with E-state index in [0.29, 0.717) is 5.69 Å². The molecule has 0 fully saturated rings. The lowest BCUT2D eigenvalue weighted by molar-refractivity contribution is -0.119. The van der Waals surface area contributed by atoms with E-state index in [1.807, 2.05) is 31.2 Å². The van der Waals surface area contributed by atoms with E-state index in [1.165, 1.54) is 19.2 Å². The first-order valence-corrected chi connectivity index (χ1v) is 11.1. The molecule has 30 heavy (non-hydrogen) atoms. The Balaban J connectivity index is 1.58. The molecule has 8 nitrogen and oxygen atoms in total. The van der Waals surface area contributed by atoms with Crippen molar-refractivity contribution in [2.45, 2.75) is 24.3 Å². The Hall–Kier alpha value is -2.62. The van der Waals surface area contributed by atoms with Gasteiger partial charge in [-0.25, -0.2) is 8.42 Å². The normalized spacial score (nSPS) is 17.9. The van der Waals surface area contributed by atoms with Crippen LogP contribution in [-0.2, 0) is 26.0 Å². The number of likely N-dealkylation sites (N-methyl/N-ethyl adjacent to an activating group) is 1. The van der Waals surface area contributed by atoms with Crippen LogP contribution in [0.3, 0.4) is 0 Å². The molecule has 0 radical (unpaired) electrons. The van der Waals surface area contributed by atoms with Crippen molar-refractivity contribution >= 4 is 44.8 Å². The van der Waals surface area contributed by atoms with E-state index in [4.69, 9.17) is 16.3 Å². The van der Waals surface area contributed by atoms with Gasteiger partial charge in [-0.2, -0.15) is 4.31 Å². The standard InChI is InChI=1S/C20H20ClN3O5S/c1-12-7-13-5-3-4-6-16(13)24(12)20(26)10-23(2)30(27,28)18-9-17-15(8-14(18)21)22-19(25)11-29-17/h3-6,8-9,12H,7,10-11H2,1-2H3,(H,22,25). The van der Waals surface area contributed by atoms with E-state index in [-0.39, 0.29) is 46.7 Å². The lowest BCUT2D eigenvalue weighted by Gasteiger charge is -2.26. The quantitative estimate of drug-likeness (QED) is 0.772. The number of benzene rings is 2. The van der Waals surface area contributed by atoms with Gasteiger partial charge in [-0.1, -0.05) is 29.8 Å². The smallest absolute Gasteiger partial charge is 0.262 e. The number of nitrogens with zero attached hydrogens (tertiary/aromatic N) is 2. The number of sulfonamides is 1. The lowest BCUT2D eigenvalue weighted by atomic mass is 10.1. The van der Waals surface area contributed by atoms with Crippen LogP contribution >= 0.6 is 11.6 Å². The Morgan fingerprint density at radius 2 is 2.07 bits per heavy atom. The van der Waals surface area contributed by atoms with Gasteiger partial charge >= 0.3 is 0 Å². The van der Waals surface area contributed by atoms with Crippen molar-refractivity contribution < 1.29 is 22.7 Å². The van der Waals surface area contributed by atoms with Gasteiger partial charge < -0.3 is 15.0 Å². The topological polar surface area (TPSA) is 96.0 Å². The molecule has 0 spiro atoms. The third-order valence-electron chi connectivity index (χ3n) is 5.19. The van der Waals surface area contributed by atoms with Gasteiger partial charge in [0.25, 0.3) is 5.91 Å². The van der Waals surface area contributed by atoms with Crippen LogP contribution in [-0.4, -0.2) is 50.8 Å². The summed E-state index contributed by atoms with van der Waals surface area (Å²) in [6, 6.07) is 10.1. The van der Waals surface area contributed by atoms with Crippen LogP contribution in [0.25, 0.3) is 0 Å². The Labute approximate surface area is 179 Å². The van der Waals surface area contributed by atoms with Gasteiger partial charge in [0.1, 0.15) is 10.6 Å². The maximum Gasteiger partial charge on any atom is 0.262 e. The van der Waals surface area contributed by atoms with Crippen molar-refractivity contribution in [2.75, 3.05) is 30.4 Å². The summed E-state index contributed by atoms with van der Waals surface area (Å²) in [6.07, 6.45) is 0.720.